The number of carbonyl (C=O) groups excluding carboxylic acids is 3. The molecule has 1 fully saturated rings. The van der Waals surface area contributed by atoms with Crippen LogP contribution in [-0.2, 0) is 38.2 Å². The number of alkyl halides is 3. The molecule has 0 aliphatic heterocycles. The number of carbonyl (C=O) groups is 3. The van der Waals surface area contributed by atoms with Gasteiger partial charge in [-0.15, -0.1) is 0 Å². The molecule has 0 aromatic carbocycles. The van der Waals surface area contributed by atoms with Crippen molar-refractivity contribution in [1.29, 1.82) is 0 Å². The molecule has 0 heterocycles. The van der Waals surface area contributed by atoms with Gasteiger partial charge in [0.15, 0.2) is 0 Å². The van der Waals surface area contributed by atoms with E-state index in [9.17, 15) is 36.0 Å². The van der Waals surface area contributed by atoms with Gasteiger partial charge in [0, 0.05) is 12.8 Å². The van der Waals surface area contributed by atoms with Crippen molar-refractivity contribution in [1.82, 2.24) is 0 Å². The number of methoxy groups -OCH3 is 2. The van der Waals surface area contributed by atoms with E-state index >= 15 is 0 Å². The smallest absolute Gasteiger partial charge is 0.468 e. The van der Waals surface area contributed by atoms with E-state index in [4.69, 9.17) is 0 Å². The van der Waals surface area contributed by atoms with E-state index in [0.29, 0.717) is 12.8 Å². The molecular formula is C19H27F3O8S. The van der Waals surface area contributed by atoms with Crippen LogP contribution in [0.5, 0.6) is 0 Å². The zero-order valence-corrected chi connectivity index (χ0v) is 19.0. The quantitative estimate of drug-likeness (QED) is 0.265. The van der Waals surface area contributed by atoms with Crippen LogP contribution in [-0.4, -0.2) is 45.9 Å². The monoisotopic (exact) mass is 472 g/mol. The minimum atomic E-state index is -5.77. The lowest BCUT2D eigenvalue weighted by Gasteiger charge is -2.16. The van der Waals surface area contributed by atoms with Gasteiger partial charge in [0.05, 0.1) is 19.8 Å². The van der Waals surface area contributed by atoms with Crippen molar-refractivity contribution in [3.05, 3.63) is 11.3 Å². The van der Waals surface area contributed by atoms with Crippen LogP contribution in [0.3, 0.4) is 0 Å². The van der Waals surface area contributed by atoms with E-state index in [1.807, 2.05) is 13.8 Å². The zero-order chi connectivity index (χ0) is 24.4. The maximum Gasteiger partial charge on any atom is 0.534 e. The summed E-state index contributed by atoms with van der Waals surface area (Å²) in [6.07, 6.45) is 1.11. The number of ketones is 1. The number of rotatable bonds is 4. The summed E-state index contributed by atoms with van der Waals surface area (Å²) < 4.78 is 71.6. The summed E-state index contributed by atoms with van der Waals surface area (Å²) in [6.45, 7) is 7.33. The molecule has 0 amide bonds. The fourth-order valence-corrected chi connectivity index (χ4v) is 3.96. The Kier molecular flexibility index (Phi) is 7.97. The van der Waals surface area contributed by atoms with Gasteiger partial charge in [-0.25, -0.2) is 4.79 Å². The highest BCUT2D eigenvalue weighted by Gasteiger charge is 2.50. The predicted molar refractivity (Wildman–Crippen MR) is 102 cm³/mol. The van der Waals surface area contributed by atoms with E-state index in [2.05, 4.69) is 13.7 Å². The first-order valence-corrected chi connectivity index (χ1v) is 10.7. The summed E-state index contributed by atoms with van der Waals surface area (Å²) in [4.78, 5) is 33.8. The molecule has 0 aromatic heterocycles. The predicted octanol–water partition coefficient (Wildman–Crippen LogP) is 3.26. The Morgan fingerprint density at radius 2 is 1.52 bits per heavy atom. The summed E-state index contributed by atoms with van der Waals surface area (Å²) in [6, 6.07) is 0. The van der Waals surface area contributed by atoms with Gasteiger partial charge in [-0.05, 0) is 23.7 Å². The third-order valence-corrected chi connectivity index (χ3v) is 5.83. The van der Waals surface area contributed by atoms with Gasteiger partial charge in [0.25, 0.3) is 0 Å². The molecule has 0 N–H and O–H groups in total. The van der Waals surface area contributed by atoms with Crippen LogP contribution < -0.4 is 0 Å². The highest BCUT2D eigenvalue weighted by atomic mass is 32.2. The normalized spacial score (nSPS) is 22.5. The fraction of sp³-hybridized carbons (Fsp3) is 0.737. The first-order chi connectivity index (χ1) is 13.9. The van der Waals surface area contributed by atoms with E-state index in [0.717, 1.165) is 7.11 Å². The Balaban J connectivity index is 0.000000343. The van der Waals surface area contributed by atoms with Gasteiger partial charge in [-0.1, -0.05) is 27.7 Å². The largest absolute Gasteiger partial charge is 0.534 e. The lowest BCUT2D eigenvalue weighted by Crippen LogP contribution is -2.25. The molecule has 0 aromatic rings. The molecule has 1 atom stereocenters. The summed E-state index contributed by atoms with van der Waals surface area (Å²) in [5.41, 5.74) is -6.32. The Bertz CT molecular complexity index is 869. The molecule has 1 saturated carbocycles. The SMILES string of the molecule is COC(=O)C1=C(OS(=O)(=O)C(F)(F)F)CC(C)(C)C1.COC(=O)C1CC(C)(C)CC1=O. The number of hydrogen-bond donors (Lipinski definition) is 0. The molecule has 2 rings (SSSR count). The molecule has 2 aliphatic rings. The topological polar surface area (TPSA) is 113 Å². The van der Waals surface area contributed by atoms with Gasteiger partial charge in [0.2, 0.25) is 0 Å². The number of allylic oxidation sites excluding steroid dienone is 1. The highest BCUT2D eigenvalue weighted by Crippen LogP contribution is 2.44. The molecule has 2 aliphatic carbocycles. The van der Waals surface area contributed by atoms with E-state index < -0.39 is 38.7 Å². The van der Waals surface area contributed by atoms with E-state index in [1.54, 1.807) is 13.8 Å². The van der Waals surface area contributed by atoms with Crippen molar-refractivity contribution in [3.8, 4) is 0 Å². The van der Waals surface area contributed by atoms with Crippen LogP contribution in [0.15, 0.2) is 11.3 Å². The number of esters is 2. The van der Waals surface area contributed by atoms with E-state index in [1.165, 1.54) is 7.11 Å². The lowest BCUT2D eigenvalue weighted by atomic mass is 9.89. The molecule has 178 valence electrons. The molecule has 12 heteroatoms. The molecule has 31 heavy (non-hydrogen) atoms. The zero-order valence-electron chi connectivity index (χ0n) is 18.2. The van der Waals surface area contributed by atoms with Crippen molar-refractivity contribution in [2.24, 2.45) is 16.7 Å². The van der Waals surface area contributed by atoms with Crippen molar-refractivity contribution in [2.45, 2.75) is 58.9 Å². The van der Waals surface area contributed by atoms with Gasteiger partial charge in [-0.2, -0.15) is 21.6 Å². The Labute approximate surface area is 179 Å². The summed E-state index contributed by atoms with van der Waals surface area (Å²) in [5, 5.41) is 0. The second-order valence-corrected chi connectivity index (χ2v) is 10.5. The van der Waals surface area contributed by atoms with Crippen LogP contribution in [0.4, 0.5) is 13.2 Å². The minimum absolute atomic E-state index is 0.0202. The van der Waals surface area contributed by atoms with Crippen LogP contribution in [0, 0.1) is 16.7 Å². The number of ether oxygens (including phenoxy) is 2. The second-order valence-electron chi connectivity index (χ2n) is 8.98. The second kappa shape index (κ2) is 9.17. The van der Waals surface area contributed by atoms with Gasteiger partial charge < -0.3 is 13.7 Å². The Morgan fingerprint density at radius 1 is 0.968 bits per heavy atom. The van der Waals surface area contributed by atoms with Crippen molar-refractivity contribution < 1.29 is 49.6 Å². The van der Waals surface area contributed by atoms with Crippen LogP contribution in [0.2, 0.25) is 0 Å². The molecule has 0 bridgehead atoms. The highest BCUT2D eigenvalue weighted by molar-refractivity contribution is 7.87. The first kappa shape index (κ1) is 26.9. The number of Topliss-reactive ketones (excluding diaryl/α,β-unsaturated/α-hetero) is 1. The van der Waals surface area contributed by atoms with Crippen molar-refractivity contribution >= 4 is 27.8 Å². The summed E-state index contributed by atoms with van der Waals surface area (Å²) in [5.74, 6) is -2.27. The Hall–Kier alpha value is -2.11. The third-order valence-electron chi connectivity index (χ3n) is 4.84. The van der Waals surface area contributed by atoms with Gasteiger partial charge in [0.1, 0.15) is 17.5 Å². The molecule has 0 radical (unpaired) electrons. The van der Waals surface area contributed by atoms with Gasteiger partial charge >= 0.3 is 27.6 Å². The van der Waals surface area contributed by atoms with Gasteiger partial charge in [-0.3, -0.25) is 9.59 Å². The lowest BCUT2D eigenvalue weighted by molar-refractivity contribution is -0.148. The fourth-order valence-electron chi connectivity index (χ4n) is 3.44. The maximum absolute atomic E-state index is 12.2. The molecule has 1 unspecified atom stereocenters. The van der Waals surface area contributed by atoms with Crippen LogP contribution >= 0.6 is 0 Å². The molecule has 0 saturated heterocycles. The standard InChI is InChI=1S/C10H13F3O5S.C9H14O3/c1-9(2)4-6(8(14)17-3)7(5-9)18-19(15,16)10(11,12)13;1-9(2)4-6(7(10)5-9)8(11)12-3/h4-5H2,1-3H3;6H,4-5H2,1-3H3. The number of halogens is 3. The molecular weight excluding hydrogens is 445 g/mol. The first-order valence-electron chi connectivity index (χ1n) is 9.27. The van der Waals surface area contributed by atoms with Crippen molar-refractivity contribution in [2.75, 3.05) is 14.2 Å². The van der Waals surface area contributed by atoms with Crippen LogP contribution in [0.25, 0.3) is 0 Å². The Morgan fingerprint density at radius 3 is 1.90 bits per heavy atom. The maximum atomic E-state index is 12.2. The molecule has 0 spiro atoms. The number of hydrogen-bond acceptors (Lipinski definition) is 8. The average Bonchev–Trinajstić information content (AvgIpc) is 3.06. The van der Waals surface area contributed by atoms with Crippen molar-refractivity contribution in [3.63, 3.8) is 0 Å². The van der Waals surface area contributed by atoms with Crippen LogP contribution in [0.1, 0.15) is 53.4 Å². The third kappa shape index (κ3) is 6.94. The minimum Gasteiger partial charge on any atom is -0.468 e. The average molecular weight is 472 g/mol. The summed E-state index contributed by atoms with van der Waals surface area (Å²) in [7, 11) is -3.40. The molecule has 8 nitrogen and oxygen atoms in total. The summed E-state index contributed by atoms with van der Waals surface area (Å²) >= 11 is 0. The van der Waals surface area contributed by atoms with E-state index in [-0.39, 0.29) is 35.6 Å².